The first-order valence-corrected chi connectivity index (χ1v) is 10.5. The normalized spacial score (nSPS) is 20.6. The molecule has 2 aromatic rings. The molecule has 2 aliphatic heterocycles. The maximum absolute atomic E-state index is 13.5. The van der Waals surface area contributed by atoms with Crippen LogP contribution < -0.4 is 4.90 Å². The zero-order chi connectivity index (χ0) is 21.0. The van der Waals surface area contributed by atoms with Gasteiger partial charge in [0.05, 0.1) is 17.7 Å². The number of amides is 2. The van der Waals surface area contributed by atoms with Gasteiger partial charge in [-0.05, 0) is 50.7 Å². The second-order valence-corrected chi connectivity index (χ2v) is 8.85. The maximum atomic E-state index is 13.5. The number of halogens is 2. The van der Waals surface area contributed by atoms with Crippen molar-refractivity contribution in [2.75, 3.05) is 24.5 Å². The van der Waals surface area contributed by atoms with E-state index in [-0.39, 0.29) is 11.5 Å². The molecule has 158 valence electrons. The first kappa shape index (κ1) is 19.2. The largest absolute Gasteiger partial charge is 0.338 e. The Morgan fingerprint density at radius 1 is 1.13 bits per heavy atom. The van der Waals surface area contributed by atoms with Crippen LogP contribution in [0.4, 0.5) is 14.6 Å². The molecule has 2 fully saturated rings. The second-order valence-electron chi connectivity index (χ2n) is 8.85. The molecule has 1 spiro atoms. The van der Waals surface area contributed by atoms with Crippen molar-refractivity contribution >= 4 is 17.6 Å². The molecule has 0 bridgehead atoms. The third-order valence-corrected chi connectivity index (χ3v) is 6.55. The van der Waals surface area contributed by atoms with Crippen LogP contribution in [0.2, 0.25) is 0 Å². The first-order valence-electron chi connectivity index (χ1n) is 10.5. The number of hydrogen-bond acceptors (Lipinski definition) is 3. The van der Waals surface area contributed by atoms with E-state index < -0.39 is 23.1 Å². The van der Waals surface area contributed by atoms with Crippen molar-refractivity contribution in [3.8, 4) is 0 Å². The van der Waals surface area contributed by atoms with Gasteiger partial charge in [0, 0.05) is 37.3 Å². The predicted octanol–water partition coefficient (Wildman–Crippen LogP) is 3.25. The lowest BCUT2D eigenvalue weighted by Crippen LogP contribution is -2.55. The highest BCUT2D eigenvalue weighted by molar-refractivity contribution is 5.95. The monoisotopic (exact) mass is 414 g/mol. The van der Waals surface area contributed by atoms with Gasteiger partial charge in [0.25, 0.3) is 5.91 Å². The molecule has 3 heterocycles. The van der Waals surface area contributed by atoms with Crippen molar-refractivity contribution in [1.29, 1.82) is 0 Å². The molecule has 2 amide bonds. The number of benzene rings is 1. The first-order chi connectivity index (χ1) is 14.3. The van der Waals surface area contributed by atoms with Gasteiger partial charge < -0.3 is 4.90 Å². The number of carbonyl (C=O) groups is 2. The summed E-state index contributed by atoms with van der Waals surface area (Å²) in [6.07, 6.45) is 3.85. The van der Waals surface area contributed by atoms with Crippen molar-refractivity contribution in [3.63, 3.8) is 0 Å². The summed E-state index contributed by atoms with van der Waals surface area (Å²) in [6, 6.07) is 4.84. The number of aryl methyl sites for hydroxylation is 1. The van der Waals surface area contributed by atoms with Crippen molar-refractivity contribution in [1.82, 2.24) is 14.7 Å². The maximum Gasteiger partial charge on any atom is 0.254 e. The molecular formula is C22H24F2N4O2. The standard InChI is InChI=1S/C22H24F2N4O2/c1-14-8-19-27(13-15-2-3-15)20(29)12-22(28(19)25-14)4-6-26(7-5-22)21(30)16-9-17(23)11-18(24)10-16/h8-11,15H,2-7,12-13H2,1H3. The fraction of sp³-hybridized carbons (Fsp3) is 0.500. The van der Waals surface area contributed by atoms with E-state index in [1.807, 2.05) is 22.6 Å². The lowest BCUT2D eigenvalue weighted by molar-refractivity contribution is -0.122. The summed E-state index contributed by atoms with van der Waals surface area (Å²) < 4.78 is 29.0. The summed E-state index contributed by atoms with van der Waals surface area (Å²) in [4.78, 5) is 29.3. The minimum atomic E-state index is -0.767. The van der Waals surface area contributed by atoms with E-state index in [1.165, 1.54) is 12.8 Å². The highest BCUT2D eigenvalue weighted by Crippen LogP contribution is 2.43. The Labute approximate surface area is 173 Å². The number of nitrogens with zero attached hydrogens (tertiary/aromatic N) is 4. The number of hydrogen-bond donors (Lipinski definition) is 0. The number of piperidine rings is 1. The van der Waals surface area contributed by atoms with Gasteiger partial charge in [-0.3, -0.25) is 14.5 Å². The SMILES string of the molecule is Cc1cc2n(n1)C1(CCN(C(=O)c3cc(F)cc(F)c3)CC1)CC(=O)N2CC1CC1. The summed E-state index contributed by atoms with van der Waals surface area (Å²) in [5, 5.41) is 4.71. The van der Waals surface area contributed by atoms with E-state index in [2.05, 4.69) is 0 Å². The third-order valence-electron chi connectivity index (χ3n) is 6.55. The Morgan fingerprint density at radius 3 is 2.43 bits per heavy atom. The van der Waals surface area contributed by atoms with Crippen LogP contribution in [0.15, 0.2) is 24.3 Å². The molecule has 0 unspecified atom stereocenters. The lowest BCUT2D eigenvalue weighted by Gasteiger charge is -2.46. The minimum Gasteiger partial charge on any atom is -0.338 e. The van der Waals surface area contributed by atoms with E-state index >= 15 is 0 Å². The topological polar surface area (TPSA) is 58.4 Å². The van der Waals surface area contributed by atoms with Crippen molar-refractivity contribution < 1.29 is 18.4 Å². The fourth-order valence-corrected chi connectivity index (χ4v) is 4.74. The average Bonchev–Trinajstić information content (AvgIpc) is 3.43. The molecule has 30 heavy (non-hydrogen) atoms. The lowest BCUT2D eigenvalue weighted by atomic mass is 9.82. The molecule has 0 N–H and O–H groups in total. The van der Waals surface area contributed by atoms with E-state index in [1.54, 1.807) is 4.90 Å². The number of anilines is 1. The van der Waals surface area contributed by atoms with Crippen LogP contribution >= 0.6 is 0 Å². The fourth-order valence-electron chi connectivity index (χ4n) is 4.74. The Morgan fingerprint density at radius 2 is 1.80 bits per heavy atom. The smallest absolute Gasteiger partial charge is 0.254 e. The van der Waals surface area contributed by atoms with Crippen LogP contribution in [0.25, 0.3) is 0 Å². The number of aromatic nitrogens is 2. The van der Waals surface area contributed by atoms with Gasteiger partial charge in [-0.15, -0.1) is 0 Å². The van der Waals surface area contributed by atoms with Crippen LogP contribution in [0.3, 0.4) is 0 Å². The van der Waals surface area contributed by atoms with Crippen LogP contribution in [0.5, 0.6) is 0 Å². The highest BCUT2D eigenvalue weighted by Gasteiger charge is 2.47. The van der Waals surface area contributed by atoms with E-state index in [0.717, 1.165) is 36.3 Å². The molecule has 1 aliphatic carbocycles. The molecule has 5 rings (SSSR count). The molecule has 1 saturated heterocycles. The number of fused-ring (bicyclic) bond motifs is 2. The summed E-state index contributed by atoms with van der Waals surface area (Å²) in [7, 11) is 0. The number of rotatable bonds is 3. The van der Waals surface area contributed by atoms with Crippen molar-refractivity contribution in [3.05, 3.63) is 47.2 Å². The molecule has 0 atom stereocenters. The summed E-state index contributed by atoms with van der Waals surface area (Å²) in [5.41, 5.74) is 0.424. The van der Waals surface area contributed by atoms with Crippen LogP contribution in [-0.4, -0.2) is 46.1 Å². The zero-order valence-electron chi connectivity index (χ0n) is 16.9. The van der Waals surface area contributed by atoms with Gasteiger partial charge >= 0.3 is 0 Å². The molecule has 6 nitrogen and oxygen atoms in total. The summed E-state index contributed by atoms with van der Waals surface area (Å²) in [5.74, 6) is -0.381. The van der Waals surface area contributed by atoms with Crippen molar-refractivity contribution in [2.24, 2.45) is 5.92 Å². The summed E-state index contributed by atoms with van der Waals surface area (Å²) >= 11 is 0. The Bertz CT molecular complexity index is 1000. The number of carbonyl (C=O) groups excluding carboxylic acids is 2. The van der Waals surface area contributed by atoms with E-state index in [4.69, 9.17) is 5.10 Å². The Balaban J connectivity index is 1.38. The van der Waals surface area contributed by atoms with Crippen LogP contribution in [-0.2, 0) is 10.3 Å². The average molecular weight is 414 g/mol. The molecule has 1 saturated carbocycles. The molecule has 1 aromatic carbocycles. The van der Waals surface area contributed by atoms with E-state index in [9.17, 15) is 18.4 Å². The minimum absolute atomic E-state index is 0.00871. The van der Waals surface area contributed by atoms with Gasteiger partial charge in [0.15, 0.2) is 0 Å². The molecular weight excluding hydrogens is 390 g/mol. The van der Waals surface area contributed by atoms with Gasteiger partial charge in [0.1, 0.15) is 17.5 Å². The Kier molecular flexibility index (Phi) is 4.41. The molecule has 0 radical (unpaired) electrons. The quantitative estimate of drug-likeness (QED) is 0.775. The molecule has 1 aromatic heterocycles. The molecule has 8 heteroatoms. The van der Waals surface area contributed by atoms with Gasteiger partial charge in [-0.2, -0.15) is 5.10 Å². The van der Waals surface area contributed by atoms with Gasteiger partial charge in [-0.1, -0.05) is 0 Å². The third kappa shape index (κ3) is 3.28. The van der Waals surface area contributed by atoms with E-state index in [0.29, 0.717) is 38.3 Å². The molecule has 3 aliphatic rings. The van der Waals surface area contributed by atoms with Crippen LogP contribution in [0, 0.1) is 24.5 Å². The van der Waals surface area contributed by atoms with Crippen LogP contribution in [0.1, 0.15) is 48.2 Å². The predicted molar refractivity (Wildman–Crippen MR) is 106 cm³/mol. The number of likely N-dealkylation sites (tertiary alicyclic amines) is 1. The highest BCUT2D eigenvalue weighted by atomic mass is 19.1. The Hall–Kier alpha value is -2.77. The summed E-state index contributed by atoms with van der Waals surface area (Å²) in [6.45, 7) is 3.49. The van der Waals surface area contributed by atoms with Gasteiger partial charge in [0.2, 0.25) is 5.91 Å². The van der Waals surface area contributed by atoms with Gasteiger partial charge in [-0.25, -0.2) is 13.5 Å². The van der Waals surface area contributed by atoms with Crippen molar-refractivity contribution in [2.45, 2.75) is 44.6 Å². The zero-order valence-corrected chi connectivity index (χ0v) is 16.9. The second kappa shape index (κ2) is 6.89.